The monoisotopic (exact) mass is 496 g/mol. The van der Waals surface area contributed by atoms with Crippen LogP contribution in [0.3, 0.4) is 0 Å². The van der Waals surface area contributed by atoms with Crippen LogP contribution in [0, 0.1) is 5.82 Å². The van der Waals surface area contributed by atoms with E-state index in [0.29, 0.717) is 30.6 Å². The van der Waals surface area contributed by atoms with Crippen molar-refractivity contribution in [3.63, 3.8) is 0 Å². The number of H-pyrrole nitrogens is 1. The largest absolute Gasteiger partial charge is 0.356 e. The maximum atomic E-state index is 14.0. The van der Waals surface area contributed by atoms with Gasteiger partial charge in [-0.15, -0.1) is 0 Å². The zero-order valence-corrected chi connectivity index (χ0v) is 20.3. The van der Waals surface area contributed by atoms with Crippen molar-refractivity contribution in [2.24, 2.45) is 0 Å². The number of fused-ring (bicyclic) bond motifs is 5. The average molecular weight is 497 g/mol. The summed E-state index contributed by atoms with van der Waals surface area (Å²) in [6.45, 7) is 2.36. The maximum Gasteiger partial charge on any atom is 0.332 e. The summed E-state index contributed by atoms with van der Waals surface area (Å²) in [4.78, 5) is 46.9. The number of rotatable bonds is 5. The van der Waals surface area contributed by atoms with Gasteiger partial charge in [0.05, 0.1) is 16.9 Å². The molecule has 4 amide bonds. The van der Waals surface area contributed by atoms with Gasteiger partial charge in [-0.1, -0.05) is 48.5 Å². The van der Waals surface area contributed by atoms with Crippen LogP contribution in [0.25, 0.3) is 10.9 Å². The number of nitrogens with one attached hydrogen (secondary N) is 2. The number of nitrogens with zero attached hydrogens (tertiary/aromatic N) is 2. The van der Waals surface area contributed by atoms with Gasteiger partial charge in [-0.25, -0.2) is 14.1 Å². The molecule has 2 aliphatic heterocycles. The Morgan fingerprint density at radius 3 is 2.59 bits per heavy atom. The topological polar surface area (TPSA) is 85.5 Å². The number of anilines is 1. The van der Waals surface area contributed by atoms with Gasteiger partial charge in [0, 0.05) is 24.0 Å². The maximum absolute atomic E-state index is 14.0. The highest BCUT2D eigenvalue weighted by Gasteiger charge is 2.59. The van der Waals surface area contributed by atoms with Crippen molar-refractivity contribution in [3.05, 3.63) is 101 Å². The van der Waals surface area contributed by atoms with Crippen LogP contribution in [0.2, 0.25) is 0 Å². The average Bonchev–Trinajstić information content (AvgIpc) is 3.38. The molecule has 0 bridgehead atoms. The van der Waals surface area contributed by atoms with Crippen LogP contribution < -0.4 is 10.2 Å². The first-order chi connectivity index (χ1) is 17.9. The van der Waals surface area contributed by atoms with Gasteiger partial charge in [0.25, 0.3) is 11.8 Å². The van der Waals surface area contributed by atoms with Crippen molar-refractivity contribution < 1.29 is 18.8 Å². The van der Waals surface area contributed by atoms with Gasteiger partial charge in [-0.05, 0) is 55.2 Å². The lowest BCUT2D eigenvalue weighted by Gasteiger charge is -2.35. The van der Waals surface area contributed by atoms with Gasteiger partial charge >= 0.3 is 6.03 Å². The molecule has 0 saturated carbocycles. The number of urea groups is 1. The molecule has 186 valence electrons. The van der Waals surface area contributed by atoms with Crippen LogP contribution in [-0.2, 0) is 23.2 Å². The van der Waals surface area contributed by atoms with Gasteiger partial charge < -0.3 is 15.2 Å². The van der Waals surface area contributed by atoms with Gasteiger partial charge in [0.15, 0.2) is 5.54 Å². The number of benzene rings is 3. The third-order valence-corrected chi connectivity index (χ3v) is 7.49. The normalized spacial score (nSPS) is 18.8. The molecular weight excluding hydrogens is 471 g/mol. The Labute approximate surface area is 212 Å². The van der Waals surface area contributed by atoms with Gasteiger partial charge in [-0.3, -0.25) is 9.59 Å². The van der Waals surface area contributed by atoms with E-state index >= 15 is 0 Å². The number of hydrogen-bond acceptors (Lipinski definition) is 3. The van der Waals surface area contributed by atoms with Crippen molar-refractivity contribution in [1.29, 1.82) is 0 Å². The summed E-state index contributed by atoms with van der Waals surface area (Å²) in [5.74, 6) is -1.17. The molecular formula is C29H25FN4O3. The third kappa shape index (κ3) is 3.43. The predicted octanol–water partition coefficient (Wildman–Crippen LogP) is 4.52. The van der Waals surface area contributed by atoms with Crippen LogP contribution in [0.15, 0.2) is 72.8 Å². The van der Waals surface area contributed by atoms with Crippen molar-refractivity contribution in [2.45, 2.75) is 25.3 Å². The summed E-state index contributed by atoms with van der Waals surface area (Å²) in [5.41, 5.74) is 2.40. The van der Waals surface area contributed by atoms with E-state index in [1.165, 1.54) is 6.07 Å². The van der Waals surface area contributed by atoms with Crippen LogP contribution >= 0.6 is 0 Å². The minimum atomic E-state index is -1.21. The molecule has 3 heterocycles. The minimum absolute atomic E-state index is 0.207. The zero-order chi connectivity index (χ0) is 25.7. The molecule has 2 N–H and O–H groups in total. The minimum Gasteiger partial charge on any atom is -0.356 e. The van der Waals surface area contributed by atoms with Gasteiger partial charge in [0.2, 0.25) is 0 Å². The standard InChI is InChI=1S/C29H25FN4O3/c1-29-25-20(19-9-3-6-12-23(19)32-25)15-17-33(29)28(37)34(27(29)36)24-13-7-4-10-21(24)26(35)31-16-14-18-8-2-5-11-22(18)30/h2-13,32H,14-17H2,1H3,(H,31,35). The number of imide groups is 1. The number of carbonyl (C=O) groups is 3. The molecule has 0 spiro atoms. The number of para-hydroxylation sites is 2. The first-order valence-electron chi connectivity index (χ1n) is 12.3. The Morgan fingerprint density at radius 1 is 1.03 bits per heavy atom. The molecule has 1 aromatic heterocycles. The molecule has 0 aliphatic carbocycles. The molecule has 1 fully saturated rings. The van der Waals surface area contributed by atoms with E-state index in [-0.39, 0.29) is 23.6 Å². The summed E-state index contributed by atoms with van der Waals surface area (Å²) in [6.07, 6.45) is 0.942. The SMILES string of the molecule is CC12C(=O)N(c3ccccc3C(=O)NCCc3ccccc3F)C(=O)N1CCc1c2[nH]c2ccccc12. The Morgan fingerprint density at radius 2 is 1.76 bits per heavy atom. The number of amides is 4. The second-order valence-electron chi connectivity index (χ2n) is 9.54. The molecule has 2 aliphatic rings. The number of aromatic amines is 1. The lowest BCUT2D eigenvalue weighted by atomic mass is 9.87. The number of aromatic nitrogens is 1. The lowest BCUT2D eigenvalue weighted by Crippen LogP contribution is -2.49. The van der Waals surface area contributed by atoms with E-state index in [0.717, 1.165) is 21.4 Å². The van der Waals surface area contributed by atoms with E-state index in [4.69, 9.17) is 0 Å². The molecule has 7 nitrogen and oxygen atoms in total. The van der Waals surface area contributed by atoms with E-state index < -0.39 is 23.4 Å². The van der Waals surface area contributed by atoms with Crippen LogP contribution in [-0.4, -0.2) is 40.8 Å². The van der Waals surface area contributed by atoms with Crippen LogP contribution in [0.4, 0.5) is 14.9 Å². The molecule has 1 saturated heterocycles. The van der Waals surface area contributed by atoms with E-state index in [2.05, 4.69) is 10.3 Å². The highest BCUT2D eigenvalue weighted by molar-refractivity contribution is 6.25. The number of halogens is 1. The Bertz CT molecular complexity index is 1580. The quantitative estimate of drug-likeness (QED) is 0.399. The van der Waals surface area contributed by atoms with Gasteiger partial charge in [-0.2, -0.15) is 0 Å². The molecule has 1 unspecified atom stereocenters. The summed E-state index contributed by atoms with van der Waals surface area (Å²) < 4.78 is 13.9. The molecule has 3 aromatic carbocycles. The Kier molecular flexibility index (Phi) is 5.33. The van der Waals surface area contributed by atoms with E-state index in [1.54, 1.807) is 54.3 Å². The summed E-state index contributed by atoms with van der Waals surface area (Å²) in [5, 5.41) is 3.85. The van der Waals surface area contributed by atoms with Crippen molar-refractivity contribution in [2.75, 3.05) is 18.0 Å². The van der Waals surface area contributed by atoms with Crippen LogP contribution in [0.1, 0.15) is 34.1 Å². The fraction of sp³-hybridized carbons (Fsp3) is 0.207. The van der Waals surface area contributed by atoms with Crippen LogP contribution in [0.5, 0.6) is 0 Å². The molecule has 6 rings (SSSR count). The van der Waals surface area contributed by atoms with E-state index in [1.807, 2.05) is 24.3 Å². The first kappa shape index (κ1) is 23.0. The number of hydrogen-bond donors (Lipinski definition) is 2. The fourth-order valence-corrected chi connectivity index (χ4v) is 5.57. The summed E-state index contributed by atoms with van der Waals surface area (Å²) >= 11 is 0. The molecule has 4 aromatic rings. The first-order valence-corrected chi connectivity index (χ1v) is 12.3. The predicted molar refractivity (Wildman–Crippen MR) is 138 cm³/mol. The Hall–Kier alpha value is -4.46. The second kappa shape index (κ2) is 8.58. The van der Waals surface area contributed by atoms with Crippen molar-refractivity contribution >= 4 is 34.4 Å². The third-order valence-electron chi connectivity index (χ3n) is 7.49. The zero-order valence-electron chi connectivity index (χ0n) is 20.3. The van der Waals surface area contributed by atoms with Crippen molar-refractivity contribution in [3.8, 4) is 0 Å². The molecule has 0 radical (unpaired) electrons. The smallest absolute Gasteiger partial charge is 0.332 e. The fourth-order valence-electron chi connectivity index (χ4n) is 5.57. The van der Waals surface area contributed by atoms with E-state index in [9.17, 15) is 18.8 Å². The van der Waals surface area contributed by atoms with Crippen molar-refractivity contribution in [1.82, 2.24) is 15.2 Å². The summed E-state index contributed by atoms with van der Waals surface area (Å²) in [7, 11) is 0. The Balaban J connectivity index is 1.31. The molecule has 1 atom stereocenters. The second-order valence-corrected chi connectivity index (χ2v) is 9.54. The highest BCUT2D eigenvalue weighted by atomic mass is 19.1. The number of carbonyl (C=O) groups excluding carboxylic acids is 3. The van der Waals surface area contributed by atoms with Gasteiger partial charge in [0.1, 0.15) is 5.82 Å². The summed E-state index contributed by atoms with van der Waals surface area (Å²) in [6, 6.07) is 20.4. The highest BCUT2D eigenvalue weighted by Crippen LogP contribution is 2.45. The lowest BCUT2D eigenvalue weighted by molar-refractivity contribution is -0.125. The molecule has 37 heavy (non-hydrogen) atoms. The molecule has 8 heteroatoms.